The number of aromatic nitrogens is 1. The molecule has 1 aliphatic rings. The van der Waals surface area contributed by atoms with Crippen LogP contribution in [0.15, 0.2) is 30.3 Å². The van der Waals surface area contributed by atoms with E-state index in [1.54, 1.807) is 11.3 Å². The largest absolute Gasteiger partial charge is 0.354 e. The van der Waals surface area contributed by atoms with Gasteiger partial charge in [-0.2, -0.15) is 0 Å². The average Bonchev–Trinajstić information content (AvgIpc) is 3.13. The summed E-state index contributed by atoms with van der Waals surface area (Å²) < 4.78 is 0. The molecule has 1 aromatic carbocycles. The molecule has 0 unspecified atom stereocenters. The lowest BCUT2D eigenvalue weighted by Crippen LogP contribution is -2.43. The number of rotatable bonds is 5. The summed E-state index contributed by atoms with van der Waals surface area (Å²) in [6, 6.07) is 10.2. The summed E-state index contributed by atoms with van der Waals surface area (Å²) in [6.07, 6.45) is 2.35. The van der Waals surface area contributed by atoms with Crippen molar-refractivity contribution in [3.63, 3.8) is 0 Å². The Balaban J connectivity index is 1.61. The lowest BCUT2D eigenvalue weighted by Gasteiger charge is -2.08. The van der Waals surface area contributed by atoms with Crippen molar-refractivity contribution in [1.29, 1.82) is 0 Å². The maximum atomic E-state index is 11.8. The van der Waals surface area contributed by atoms with Crippen LogP contribution in [0.2, 0.25) is 0 Å². The topological polar surface area (TPSA) is 68.0 Å². The number of nitrogens with two attached hydrogens (primary N) is 1. The van der Waals surface area contributed by atoms with Gasteiger partial charge in [0, 0.05) is 23.4 Å². The Hall–Kier alpha value is -1.72. The van der Waals surface area contributed by atoms with Crippen molar-refractivity contribution in [2.24, 2.45) is 5.73 Å². The van der Waals surface area contributed by atoms with E-state index in [4.69, 9.17) is 10.7 Å². The van der Waals surface area contributed by atoms with Crippen LogP contribution in [-0.4, -0.2) is 23.0 Å². The van der Waals surface area contributed by atoms with Crippen molar-refractivity contribution in [3.8, 4) is 11.3 Å². The second-order valence-corrected chi connectivity index (χ2v) is 6.83. The summed E-state index contributed by atoms with van der Waals surface area (Å²) in [5.74, 6) is -0.0286. The minimum atomic E-state index is -0.589. The van der Waals surface area contributed by atoms with E-state index in [1.165, 1.54) is 4.88 Å². The van der Waals surface area contributed by atoms with Crippen molar-refractivity contribution in [2.75, 3.05) is 6.54 Å². The van der Waals surface area contributed by atoms with Gasteiger partial charge in [-0.25, -0.2) is 4.98 Å². The van der Waals surface area contributed by atoms with Crippen molar-refractivity contribution in [1.82, 2.24) is 10.3 Å². The monoisotopic (exact) mass is 301 g/mol. The van der Waals surface area contributed by atoms with Crippen molar-refractivity contribution in [2.45, 2.75) is 31.7 Å². The second kappa shape index (κ2) is 5.58. The smallest absolute Gasteiger partial charge is 0.240 e. The Morgan fingerprint density at radius 2 is 2.10 bits per heavy atom. The molecule has 1 fully saturated rings. The predicted octanol–water partition coefficient (Wildman–Crippen LogP) is 2.27. The van der Waals surface area contributed by atoms with Crippen LogP contribution in [0.4, 0.5) is 0 Å². The molecule has 1 heterocycles. The Morgan fingerprint density at radius 3 is 2.76 bits per heavy atom. The van der Waals surface area contributed by atoms with Crippen LogP contribution >= 0.6 is 11.3 Å². The summed E-state index contributed by atoms with van der Waals surface area (Å²) in [7, 11) is 0. The molecule has 0 saturated heterocycles. The molecule has 1 aromatic heterocycles. The average molecular weight is 301 g/mol. The van der Waals surface area contributed by atoms with E-state index >= 15 is 0 Å². The molecular weight excluding hydrogens is 282 g/mol. The first-order valence-corrected chi connectivity index (χ1v) is 7.99. The fourth-order valence-electron chi connectivity index (χ4n) is 2.24. The van der Waals surface area contributed by atoms with Gasteiger partial charge in [-0.15, -0.1) is 11.3 Å². The highest BCUT2D eigenvalue weighted by atomic mass is 32.1. The van der Waals surface area contributed by atoms with Crippen LogP contribution in [0, 0.1) is 6.92 Å². The van der Waals surface area contributed by atoms with E-state index < -0.39 is 5.54 Å². The van der Waals surface area contributed by atoms with Gasteiger partial charge in [0.1, 0.15) is 0 Å². The lowest BCUT2D eigenvalue weighted by atomic mass is 10.1. The first-order chi connectivity index (χ1) is 10.1. The number of aryl methyl sites for hydroxylation is 1. The SMILES string of the molecule is Cc1sc(CCNC(=O)C2(N)CC2)nc1-c1ccccc1. The quantitative estimate of drug-likeness (QED) is 0.890. The van der Waals surface area contributed by atoms with Crippen LogP contribution in [0.3, 0.4) is 0 Å². The Kier molecular flexibility index (Phi) is 3.78. The van der Waals surface area contributed by atoms with Gasteiger partial charge >= 0.3 is 0 Å². The third kappa shape index (κ3) is 3.14. The van der Waals surface area contributed by atoms with E-state index in [9.17, 15) is 4.79 Å². The Morgan fingerprint density at radius 1 is 1.38 bits per heavy atom. The summed E-state index contributed by atoms with van der Waals surface area (Å²) in [5, 5.41) is 3.95. The Bertz CT molecular complexity index is 647. The van der Waals surface area contributed by atoms with Gasteiger partial charge in [-0.05, 0) is 19.8 Å². The van der Waals surface area contributed by atoms with Crippen LogP contribution in [-0.2, 0) is 11.2 Å². The standard InChI is InChI=1S/C16H19N3OS/c1-11-14(12-5-3-2-4-6-12)19-13(21-11)7-10-18-15(20)16(17)8-9-16/h2-6H,7-10,17H2,1H3,(H,18,20). The molecule has 2 aromatic rings. The number of amides is 1. The zero-order valence-corrected chi connectivity index (χ0v) is 12.9. The summed E-state index contributed by atoms with van der Waals surface area (Å²) in [5.41, 5.74) is 7.44. The molecule has 3 N–H and O–H groups in total. The molecule has 0 bridgehead atoms. The summed E-state index contributed by atoms with van der Waals surface area (Å²) in [4.78, 5) is 17.7. The van der Waals surface area contributed by atoms with Crippen molar-refractivity contribution < 1.29 is 4.79 Å². The number of carbonyl (C=O) groups excluding carboxylic acids is 1. The third-order valence-corrected chi connectivity index (χ3v) is 4.78. The normalized spacial score (nSPS) is 15.7. The molecule has 0 spiro atoms. The van der Waals surface area contributed by atoms with Gasteiger partial charge in [0.25, 0.3) is 0 Å². The highest BCUT2D eigenvalue weighted by Gasteiger charge is 2.45. The third-order valence-electron chi connectivity index (χ3n) is 3.75. The van der Waals surface area contributed by atoms with E-state index in [0.29, 0.717) is 6.54 Å². The number of hydrogen-bond donors (Lipinski definition) is 2. The number of thiazole rings is 1. The molecule has 5 heteroatoms. The molecule has 3 rings (SSSR count). The molecule has 110 valence electrons. The highest BCUT2D eigenvalue weighted by molar-refractivity contribution is 7.12. The number of carbonyl (C=O) groups is 1. The number of benzene rings is 1. The van der Waals surface area contributed by atoms with Gasteiger partial charge in [-0.3, -0.25) is 4.79 Å². The van der Waals surface area contributed by atoms with Gasteiger partial charge < -0.3 is 11.1 Å². The predicted molar refractivity (Wildman–Crippen MR) is 85.2 cm³/mol. The maximum absolute atomic E-state index is 11.8. The van der Waals surface area contributed by atoms with E-state index in [0.717, 1.165) is 35.5 Å². The van der Waals surface area contributed by atoms with Gasteiger partial charge in [0.2, 0.25) is 5.91 Å². The molecule has 1 amide bonds. The molecule has 21 heavy (non-hydrogen) atoms. The minimum absolute atomic E-state index is 0.0286. The van der Waals surface area contributed by atoms with Crippen molar-refractivity contribution in [3.05, 3.63) is 40.2 Å². The maximum Gasteiger partial charge on any atom is 0.240 e. The van der Waals surface area contributed by atoms with Gasteiger partial charge in [-0.1, -0.05) is 30.3 Å². The molecule has 0 radical (unpaired) electrons. The van der Waals surface area contributed by atoms with E-state index in [2.05, 4.69) is 24.4 Å². The van der Waals surface area contributed by atoms with Crippen LogP contribution in [0.1, 0.15) is 22.7 Å². The molecule has 4 nitrogen and oxygen atoms in total. The first kappa shape index (κ1) is 14.2. The number of hydrogen-bond acceptors (Lipinski definition) is 4. The first-order valence-electron chi connectivity index (χ1n) is 7.17. The zero-order valence-electron chi connectivity index (χ0n) is 12.1. The van der Waals surface area contributed by atoms with Crippen LogP contribution < -0.4 is 11.1 Å². The van der Waals surface area contributed by atoms with E-state index in [-0.39, 0.29) is 5.91 Å². The fraction of sp³-hybridized carbons (Fsp3) is 0.375. The van der Waals surface area contributed by atoms with E-state index in [1.807, 2.05) is 18.2 Å². The Labute approximate surface area is 128 Å². The summed E-state index contributed by atoms with van der Waals surface area (Å²) in [6.45, 7) is 2.68. The van der Waals surface area contributed by atoms with Crippen LogP contribution in [0.5, 0.6) is 0 Å². The fourth-order valence-corrected chi connectivity index (χ4v) is 3.20. The highest BCUT2D eigenvalue weighted by Crippen LogP contribution is 2.32. The molecule has 1 aliphatic carbocycles. The molecule has 1 saturated carbocycles. The molecule has 0 atom stereocenters. The molecular formula is C16H19N3OS. The lowest BCUT2D eigenvalue weighted by molar-refractivity contribution is -0.123. The minimum Gasteiger partial charge on any atom is -0.354 e. The van der Waals surface area contributed by atoms with Crippen molar-refractivity contribution >= 4 is 17.2 Å². The van der Waals surface area contributed by atoms with Gasteiger partial charge in [0.15, 0.2) is 0 Å². The summed E-state index contributed by atoms with van der Waals surface area (Å²) >= 11 is 1.69. The number of nitrogens with one attached hydrogen (secondary N) is 1. The second-order valence-electron chi connectivity index (χ2n) is 5.54. The molecule has 0 aliphatic heterocycles. The zero-order chi connectivity index (χ0) is 14.9. The van der Waals surface area contributed by atoms with Gasteiger partial charge in [0.05, 0.1) is 16.2 Å². The van der Waals surface area contributed by atoms with Crippen LogP contribution in [0.25, 0.3) is 11.3 Å². The number of nitrogens with zero attached hydrogens (tertiary/aromatic N) is 1.